The van der Waals surface area contributed by atoms with Crippen LogP contribution in [0.2, 0.25) is 5.02 Å². The smallest absolute Gasteiger partial charge is 0.391 e. The molecule has 1 aliphatic heterocycles. The minimum Gasteiger partial charge on any atom is -0.391 e. The van der Waals surface area contributed by atoms with Gasteiger partial charge in [-0.1, -0.05) is 23.7 Å². The maximum atomic E-state index is 13.1. The van der Waals surface area contributed by atoms with Crippen LogP contribution in [0.1, 0.15) is 22.6 Å². The fourth-order valence-electron chi connectivity index (χ4n) is 4.37. The molecule has 1 amide bonds. The minimum absolute atomic E-state index is 0.102. The van der Waals surface area contributed by atoms with E-state index in [-0.39, 0.29) is 30.6 Å². The molecule has 0 bridgehead atoms. The van der Waals surface area contributed by atoms with Crippen molar-refractivity contribution >= 4 is 17.5 Å². The Morgan fingerprint density at radius 1 is 1.12 bits per heavy atom. The molecule has 2 aromatic carbocycles. The Morgan fingerprint density at radius 3 is 2.52 bits per heavy atom. The summed E-state index contributed by atoms with van der Waals surface area (Å²) in [7, 11) is 0. The number of aromatic nitrogens is 6. The highest BCUT2D eigenvalue weighted by Gasteiger charge is 2.39. The maximum absolute atomic E-state index is 13.1. The molecule has 3 heterocycles. The molecule has 1 aliphatic rings. The summed E-state index contributed by atoms with van der Waals surface area (Å²) in [5, 5.41) is 28.4. The zero-order chi connectivity index (χ0) is 28.6. The van der Waals surface area contributed by atoms with Gasteiger partial charge in [-0.2, -0.15) is 13.2 Å². The molecule has 2 atom stereocenters. The number of hydrogen-bond donors (Lipinski definition) is 2. The topological polar surface area (TPSA) is 131 Å². The lowest BCUT2D eigenvalue weighted by Gasteiger charge is -2.17. The van der Waals surface area contributed by atoms with E-state index in [9.17, 15) is 33.0 Å². The summed E-state index contributed by atoms with van der Waals surface area (Å²) in [4.78, 5) is 31.9. The van der Waals surface area contributed by atoms with Gasteiger partial charge in [0.25, 0.3) is 5.91 Å². The van der Waals surface area contributed by atoms with Crippen LogP contribution in [-0.4, -0.2) is 81.6 Å². The SMILES string of the molecule is O=C(c1ccccc1-n1cnc(Cn2nc(-c3ccc(Cl)cc3)n(CC(O)C(F)(F)F)c2=O)n1)N1CC[C@@H](O)C1. The number of rotatable bonds is 7. The molecule has 1 saturated heterocycles. The maximum Gasteiger partial charge on any atom is 0.416 e. The van der Waals surface area contributed by atoms with Crippen LogP contribution in [0.25, 0.3) is 17.1 Å². The molecule has 2 N–H and O–H groups in total. The van der Waals surface area contributed by atoms with Crippen molar-refractivity contribution in [3.8, 4) is 17.1 Å². The third-order valence-electron chi connectivity index (χ3n) is 6.42. The first kappa shape index (κ1) is 27.6. The van der Waals surface area contributed by atoms with Crippen molar-refractivity contribution in [1.82, 2.24) is 34.0 Å². The van der Waals surface area contributed by atoms with Gasteiger partial charge in [0.1, 0.15) is 12.9 Å². The van der Waals surface area contributed by atoms with E-state index in [1.54, 1.807) is 29.2 Å². The number of carbonyl (C=O) groups excluding carboxylic acids is 1. The summed E-state index contributed by atoms with van der Waals surface area (Å²) >= 11 is 5.92. The molecule has 0 radical (unpaired) electrons. The van der Waals surface area contributed by atoms with Crippen LogP contribution in [0.4, 0.5) is 13.2 Å². The van der Waals surface area contributed by atoms with Crippen LogP contribution in [0.5, 0.6) is 0 Å². The molecule has 11 nitrogen and oxygen atoms in total. The number of β-amino-alcohol motifs (C(OH)–C–C–N with tert-alkyl or cyclic N) is 1. The van der Waals surface area contributed by atoms with Gasteiger partial charge in [-0.25, -0.2) is 19.1 Å². The van der Waals surface area contributed by atoms with Gasteiger partial charge >= 0.3 is 11.9 Å². The highest BCUT2D eigenvalue weighted by atomic mass is 35.5. The van der Waals surface area contributed by atoms with Crippen LogP contribution in [0.15, 0.2) is 59.7 Å². The number of nitrogens with zero attached hydrogens (tertiary/aromatic N) is 7. The van der Waals surface area contributed by atoms with Crippen molar-refractivity contribution in [2.75, 3.05) is 13.1 Å². The summed E-state index contributed by atoms with van der Waals surface area (Å²) in [5.74, 6) is -0.284. The van der Waals surface area contributed by atoms with E-state index in [0.717, 1.165) is 9.25 Å². The average molecular weight is 578 g/mol. The largest absolute Gasteiger partial charge is 0.416 e. The van der Waals surface area contributed by atoms with E-state index in [1.807, 2.05) is 0 Å². The molecule has 4 aromatic rings. The van der Waals surface area contributed by atoms with Gasteiger partial charge in [0.15, 0.2) is 17.8 Å². The molecule has 5 rings (SSSR count). The number of aliphatic hydroxyl groups excluding tert-OH is 2. The van der Waals surface area contributed by atoms with Crippen molar-refractivity contribution < 1.29 is 28.2 Å². The number of hydrogen-bond acceptors (Lipinski definition) is 7. The Balaban J connectivity index is 1.45. The highest BCUT2D eigenvalue weighted by molar-refractivity contribution is 6.30. The number of amides is 1. The summed E-state index contributed by atoms with van der Waals surface area (Å²) in [5.41, 5.74) is 0.154. The van der Waals surface area contributed by atoms with Gasteiger partial charge in [-0.05, 0) is 42.8 Å². The monoisotopic (exact) mass is 577 g/mol. The van der Waals surface area contributed by atoms with Gasteiger partial charge in [-0.15, -0.1) is 10.2 Å². The zero-order valence-electron chi connectivity index (χ0n) is 20.7. The zero-order valence-corrected chi connectivity index (χ0v) is 21.5. The van der Waals surface area contributed by atoms with Crippen molar-refractivity contribution in [3.05, 3.63) is 81.8 Å². The van der Waals surface area contributed by atoms with E-state index in [2.05, 4.69) is 15.2 Å². The van der Waals surface area contributed by atoms with Crippen molar-refractivity contribution in [1.29, 1.82) is 0 Å². The Labute approximate surface area is 229 Å². The molecular formula is C25H23ClF3N7O4. The van der Waals surface area contributed by atoms with Crippen molar-refractivity contribution in [2.24, 2.45) is 0 Å². The molecule has 210 valence electrons. The van der Waals surface area contributed by atoms with E-state index in [4.69, 9.17) is 11.6 Å². The minimum atomic E-state index is -4.95. The second kappa shape index (κ2) is 10.9. The number of alkyl halides is 3. The molecule has 15 heteroatoms. The number of halogens is 4. The summed E-state index contributed by atoms with van der Waals surface area (Å²) in [6, 6.07) is 12.7. The van der Waals surface area contributed by atoms with E-state index >= 15 is 0 Å². The van der Waals surface area contributed by atoms with Gasteiger partial charge in [0, 0.05) is 23.7 Å². The molecule has 0 saturated carbocycles. The van der Waals surface area contributed by atoms with Crippen molar-refractivity contribution in [2.45, 2.75) is 37.9 Å². The van der Waals surface area contributed by atoms with Crippen LogP contribution >= 0.6 is 11.6 Å². The predicted molar refractivity (Wildman–Crippen MR) is 136 cm³/mol. The van der Waals surface area contributed by atoms with Crippen LogP contribution in [-0.2, 0) is 13.1 Å². The summed E-state index contributed by atoms with van der Waals surface area (Å²) in [6.07, 6.45) is -6.49. The summed E-state index contributed by atoms with van der Waals surface area (Å²) < 4.78 is 42.3. The highest BCUT2D eigenvalue weighted by Crippen LogP contribution is 2.24. The third kappa shape index (κ3) is 5.64. The molecule has 0 aliphatic carbocycles. The number of likely N-dealkylation sites (tertiary alicyclic amines) is 1. The molecule has 40 heavy (non-hydrogen) atoms. The standard InChI is InChI=1S/C25H23ClF3N7O4/c26-16-7-5-15(6-8-16)22-32-35(24(40)34(22)12-20(38)25(27,28)29)13-21-30-14-36(31-21)19-4-2-1-3-18(19)23(39)33-10-9-17(37)11-33/h1-8,14,17,20,37-38H,9-13H2/t17-,20?/m1/s1. The van der Waals surface area contributed by atoms with Gasteiger partial charge in [0.05, 0.1) is 23.9 Å². The first-order valence-corrected chi connectivity index (χ1v) is 12.5. The molecule has 1 fully saturated rings. The lowest BCUT2D eigenvalue weighted by molar-refractivity contribution is -0.207. The molecule has 1 unspecified atom stereocenters. The fourth-order valence-corrected chi connectivity index (χ4v) is 4.49. The van der Waals surface area contributed by atoms with E-state index < -0.39 is 30.6 Å². The number of carbonyl (C=O) groups is 1. The Kier molecular flexibility index (Phi) is 7.49. The fraction of sp³-hybridized carbons (Fsp3) is 0.320. The predicted octanol–water partition coefficient (Wildman–Crippen LogP) is 2.12. The molecule has 2 aromatic heterocycles. The van der Waals surface area contributed by atoms with Crippen molar-refractivity contribution in [3.63, 3.8) is 0 Å². The lowest BCUT2D eigenvalue weighted by Crippen LogP contribution is -2.37. The van der Waals surface area contributed by atoms with E-state index in [1.165, 1.54) is 35.3 Å². The summed E-state index contributed by atoms with van der Waals surface area (Å²) in [6.45, 7) is -0.722. The van der Waals surface area contributed by atoms with Crippen LogP contribution < -0.4 is 5.69 Å². The number of benzene rings is 2. The second-order valence-electron chi connectivity index (χ2n) is 9.25. The lowest BCUT2D eigenvalue weighted by atomic mass is 10.1. The first-order chi connectivity index (χ1) is 19.0. The average Bonchev–Trinajstić information content (AvgIpc) is 3.64. The Hall–Kier alpha value is -4.01. The first-order valence-electron chi connectivity index (χ1n) is 12.2. The van der Waals surface area contributed by atoms with Crippen LogP contribution in [0.3, 0.4) is 0 Å². The number of para-hydroxylation sites is 1. The third-order valence-corrected chi connectivity index (χ3v) is 6.67. The number of aliphatic hydroxyl groups is 2. The van der Waals surface area contributed by atoms with Gasteiger partial charge in [0.2, 0.25) is 0 Å². The molecule has 0 spiro atoms. The Morgan fingerprint density at radius 2 is 1.85 bits per heavy atom. The molecular weight excluding hydrogens is 555 g/mol. The van der Waals surface area contributed by atoms with Gasteiger partial charge in [-0.3, -0.25) is 9.36 Å². The normalized spacial score (nSPS) is 16.4. The van der Waals surface area contributed by atoms with Crippen LogP contribution in [0, 0.1) is 0 Å². The van der Waals surface area contributed by atoms with E-state index in [0.29, 0.717) is 34.8 Å². The Bertz CT molecular complexity index is 1580. The van der Waals surface area contributed by atoms with Gasteiger partial charge < -0.3 is 15.1 Å². The quantitative estimate of drug-likeness (QED) is 0.344. The second-order valence-corrected chi connectivity index (χ2v) is 9.69.